The number of aromatic nitrogens is 1. The third-order valence-electron chi connectivity index (χ3n) is 8.00. The van der Waals surface area contributed by atoms with Crippen molar-refractivity contribution in [1.82, 2.24) is 4.98 Å². The number of aryl methyl sites for hydroxylation is 1. The van der Waals surface area contributed by atoms with Gasteiger partial charge in [-0.1, -0.05) is 103 Å². The number of rotatable bonds is 17. The van der Waals surface area contributed by atoms with E-state index in [2.05, 4.69) is 50.2 Å². The van der Waals surface area contributed by atoms with Crippen molar-refractivity contribution in [2.75, 3.05) is 6.61 Å². The summed E-state index contributed by atoms with van der Waals surface area (Å²) < 4.78 is 6.06. The Hall–Kier alpha value is -1.83. The van der Waals surface area contributed by atoms with Crippen LogP contribution in [-0.4, -0.2) is 11.6 Å². The molecule has 1 aliphatic rings. The van der Waals surface area contributed by atoms with Crippen LogP contribution in [0.15, 0.2) is 42.6 Å². The molecule has 0 saturated heterocycles. The van der Waals surface area contributed by atoms with Crippen LogP contribution in [0.25, 0.3) is 11.3 Å². The summed E-state index contributed by atoms with van der Waals surface area (Å²) in [5, 5.41) is 0. The van der Waals surface area contributed by atoms with E-state index in [1.807, 2.05) is 6.20 Å². The Kier molecular flexibility index (Phi) is 13.3. The Bertz CT molecular complexity index is 774. The van der Waals surface area contributed by atoms with Crippen molar-refractivity contribution in [2.45, 2.75) is 123 Å². The molecule has 2 nitrogen and oxygen atoms in total. The van der Waals surface area contributed by atoms with E-state index in [1.165, 1.54) is 108 Å². The van der Waals surface area contributed by atoms with E-state index in [-0.39, 0.29) is 0 Å². The second-order valence-electron chi connectivity index (χ2n) is 11.0. The summed E-state index contributed by atoms with van der Waals surface area (Å²) in [7, 11) is 0. The van der Waals surface area contributed by atoms with Crippen molar-refractivity contribution in [1.29, 1.82) is 0 Å². The molecule has 0 bridgehead atoms. The zero-order chi connectivity index (χ0) is 24.6. The highest BCUT2D eigenvalue weighted by Gasteiger charge is 2.20. The molecule has 2 heteroatoms. The molecule has 0 aliphatic heterocycles. The lowest BCUT2D eigenvalue weighted by molar-refractivity contribution is 0.228. The topological polar surface area (TPSA) is 22.1 Å². The van der Waals surface area contributed by atoms with E-state index >= 15 is 0 Å². The van der Waals surface area contributed by atoms with Crippen LogP contribution in [0.3, 0.4) is 0 Å². The van der Waals surface area contributed by atoms with Gasteiger partial charge in [0.05, 0.1) is 12.3 Å². The van der Waals surface area contributed by atoms with Gasteiger partial charge in [0, 0.05) is 11.8 Å². The third kappa shape index (κ3) is 10.8. The summed E-state index contributed by atoms with van der Waals surface area (Å²) in [6, 6.07) is 12.9. The van der Waals surface area contributed by atoms with Crippen LogP contribution in [0.5, 0.6) is 5.75 Å². The van der Waals surface area contributed by atoms with Crippen molar-refractivity contribution in [3.63, 3.8) is 0 Å². The summed E-state index contributed by atoms with van der Waals surface area (Å²) in [6.07, 6.45) is 25.3. The number of hydrogen-bond donors (Lipinski definition) is 0. The summed E-state index contributed by atoms with van der Waals surface area (Å²) in [5.74, 6) is 2.92. The lowest BCUT2D eigenvalue weighted by Crippen LogP contribution is -2.15. The Morgan fingerprint density at radius 1 is 0.686 bits per heavy atom. The average molecular weight is 478 g/mol. The standard InChI is InChI=1S/C33H51NO/c1-3-5-7-9-11-13-28-16-18-29(19-17-28)15-12-26-35-32-23-21-31(22-24-32)33-25-20-30(27-34-33)14-10-8-6-4-2/h20-25,27-29H,3-19,26H2,1-2H3/t28-,29-. The van der Waals surface area contributed by atoms with Gasteiger partial charge in [-0.2, -0.15) is 0 Å². The quantitative estimate of drug-likeness (QED) is 0.211. The first-order valence-electron chi connectivity index (χ1n) is 15.0. The van der Waals surface area contributed by atoms with Crippen molar-refractivity contribution < 1.29 is 4.74 Å². The van der Waals surface area contributed by atoms with Gasteiger partial charge in [0.15, 0.2) is 0 Å². The number of benzene rings is 1. The van der Waals surface area contributed by atoms with Gasteiger partial charge in [-0.25, -0.2) is 0 Å². The molecule has 1 fully saturated rings. The largest absolute Gasteiger partial charge is 0.494 e. The van der Waals surface area contributed by atoms with Gasteiger partial charge in [0.2, 0.25) is 0 Å². The first kappa shape index (κ1) is 27.8. The van der Waals surface area contributed by atoms with E-state index in [0.29, 0.717) is 0 Å². The highest BCUT2D eigenvalue weighted by atomic mass is 16.5. The van der Waals surface area contributed by atoms with Gasteiger partial charge in [-0.05, 0) is 73.4 Å². The minimum absolute atomic E-state index is 0.835. The predicted molar refractivity (Wildman–Crippen MR) is 151 cm³/mol. The van der Waals surface area contributed by atoms with Crippen LogP contribution in [0.1, 0.15) is 122 Å². The number of nitrogens with zero attached hydrogens (tertiary/aromatic N) is 1. The maximum absolute atomic E-state index is 6.06. The minimum atomic E-state index is 0.835. The van der Waals surface area contributed by atoms with E-state index in [1.54, 1.807) is 0 Å². The molecule has 0 unspecified atom stereocenters. The van der Waals surface area contributed by atoms with Gasteiger partial charge < -0.3 is 4.74 Å². The van der Waals surface area contributed by atoms with E-state index < -0.39 is 0 Å². The molecular weight excluding hydrogens is 426 g/mol. The van der Waals surface area contributed by atoms with E-state index in [0.717, 1.165) is 41.9 Å². The Morgan fingerprint density at radius 2 is 1.31 bits per heavy atom. The molecule has 1 saturated carbocycles. The number of unbranched alkanes of at least 4 members (excludes halogenated alkanes) is 7. The van der Waals surface area contributed by atoms with Crippen molar-refractivity contribution >= 4 is 0 Å². The molecule has 1 heterocycles. The monoisotopic (exact) mass is 477 g/mol. The van der Waals surface area contributed by atoms with Crippen LogP contribution in [0.4, 0.5) is 0 Å². The molecule has 1 aliphatic carbocycles. The van der Waals surface area contributed by atoms with Gasteiger partial charge >= 0.3 is 0 Å². The molecule has 1 aromatic heterocycles. The van der Waals surface area contributed by atoms with Gasteiger partial charge in [0.25, 0.3) is 0 Å². The second kappa shape index (κ2) is 16.8. The summed E-state index contributed by atoms with van der Waals surface area (Å²) in [6.45, 7) is 5.40. The molecule has 0 amide bonds. The Balaban J connectivity index is 1.28. The van der Waals surface area contributed by atoms with Gasteiger partial charge in [-0.15, -0.1) is 0 Å². The zero-order valence-corrected chi connectivity index (χ0v) is 22.8. The molecule has 0 spiro atoms. The molecule has 3 rings (SSSR count). The normalized spacial score (nSPS) is 18.0. The maximum atomic E-state index is 6.06. The molecule has 0 radical (unpaired) electrons. The van der Waals surface area contributed by atoms with Crippen molar-refractivity contribution in [3.8, 4) is 17.0 Å². The fourth-order valence-corrected chi connectivity index (χ4v) is 5.63. The fraction of sp³-hybridized carbons (Fsp3) is 0.667. The summed E-state index contributed by atoms with van der Waals surface area (Å²) >= 11 is 0. The summed E-state index contributed by atoms with van der Waals surface area (Å²) in [4.78, 5) is 4.70. The molecular formula is C33H51NO. The van der Waals surface area contributed by atoms with E-state index in [4.69, 9.17) is 9.72 Å². The first-order chi connectivity index (χ1) is 17.3. The van der Waals surface area contributed by atoms with Crippen LogP contribution >= 0.6 is 0 Å². The average Bonchev–Trinajstić information content (AvgIpc) is 2.90. The van der Waals surface area contributed by atoms with Crippen LogP contribution in [0, 0.1) is 11.8 Å². The Morgan fingerprint density at radius 3 is 1.94 bits per heavy atom. The molecule has 35 heavy (non-hydrogen) atoms. The number of ether oxygens (including phenoxy) is 1. The number of pyridine rings is 1. The number of hydrogen-bond acceptors (Lipinski definition) is 2. The highest BCUT2D eigenvalue weighted by molar-refractivity contribution is 5.60. The zero-order valence-electron chi connectivity index (χ0n) is 22.8. The lowest BCUT2D eigenvalue weighted by atomic mass is 9.78. The van der Waals surface area contributed by atoms with Crippen molar-refractivity contribution in [3.05, 3.63) is 48.2 Å². The van der Waals surface area contributed by atoms with Crippen LogP contribution in [0.2, 0.25) is 0 Å². The predicted octanol–water partition coefficient (Wildman–Crippen LogP) is 10.2. The Labute approximate surface area is 216 Å². The SMILES string of the molecule is CCCCCCC[C@H]1CC[C@H](CCCOc2ccc(-c3ccc(CCCCCC)cn3)cc2)CC1. The van der Waals surface area contributed by atoms with Crippen molar-refractivity contribution in [2.24, 2.45) is 11.8 Å². The van der Waals surface area contributed by atoms with E-state index in [9.17, 15) is 0 Å². The lowest BCUT2D eigenvalue weighted by Gasteiger charge is -2.28. The van der Waals surface area contributed by atoms with Crippen LogP contribution < -0.4 is 4.74 Å². The van der Waals surface area contributed by atoms with Crippen LogP contribution in [-0.2, 0) is 6.42 Å². The third-order valence-corrected chi connectivity index (χ3v) is 8.00. The molecule has 194 valence electrons. The van der Waals surface area contributed by atoms with Gasteiger partial charge in [-0.3, -0.25) is 4.98 Å². The minimum Gasteiger partial charge on any atom is -0.494 e. The molecule has 0 atom stereocenters. The molecule has 1 aromatic carbocycles. The summed E-state index contributed by atoms with van der Waals surface area (Å²) in [5.41, 5.74) is 3.56. The maximum Gasteiger partial charge on any atom is 0.119 e. The second-order valence-corrected chi connectivity index (χ2v) is 11.0. The molecule has 0 N–H and O–H groups in total. The fourth-order valence-electron chi connectivity index (χ4n) is 5.63. The first-order valence-corrected chi connectivity index (χ1v) is 15.0. The highest BCUT2D eigenvalue weighted by Crippen LogP contribution is 2.34. The van der Waals surface area contributed by atoms with Gasteiger partial charge in [0.1, 0.15) is 5.75 Å². The smallest absolute Gasteiger partial charge is 0.119 e. The molecule has 2 aromatic rings.